The topological polar surface area (TPSA) is 57.8 Å². The van der Waals surface area contributed by atoms with Crippen LogP contribution in [0.4, 0.5) is 5.69 Å². The quantitative estimate of drug-likeness (QED) is 0.809. The van der Waals surface area contributed by atoms with E-state index in [1.807, 2.05) is 6.07 Å². The first-order chi connectivity index (χ1) is 9.92. The lowest BCUT2D eigenvalue weighted by Crippen LogP contribution is -2.10. The van der Waals surface area contributed by atoms with Crippen molar-refractivity contribution in [1.29, 1.82) is 0 Å². The molecule has 1 amide bonds. The Morgan fingerprint density at radius 1 is 1.33 bits per heavy atom. The number of hydrogen-bond donors (Lipinski definition) is 2. The molecule has 0 aliphatic rings. The summed E-state index contributed by atoms with van der Waals surface area (Å²) >= 11 is 0. The number of anilines is 1. The molecular formula is C17H23N3O. The maximum atomic E-state index is 10.7. The number of hydrogen-bond acceptors (Lipinski definition) is 2. The van der Waals surface area contributed by atoms with Crippen molar-refractivity contribution in [1.82, 2.24) is 10.2 Å². The van der Waals surface area contributed by atoms with Crippen molar-refractivity contribution in [2.24, 2.45) is 5.41 Å². The lowest BCUT2D eigenvalue weighted by molar-refractivity contribution is -0.105. The van der Waals surface area contributed by atoms with Gasteiger partial charge in [0.05, 0.1) is 17.6 Å². The number of H-pyrrole nitrogens is 1. The molecule has 0 aliphatic carbocycles. The molecule has 0 saturated heterocycles. The second-order valence-corrected chi connectivity index (χ2v) is 6.67. The van der Waals surface area contributed by atoms with Gasteiger partial charge in [0.15, 0.2) is 0 Å². The van der Waals surface area contributed by atoms with Crippen molar-refractivity contribution in [3.05, 3.63) is 36.0 Å². The number of nitrogens with zero attached hydrogens (tertiary/aromatic N) is 1. The van der Waals surface area contributed by atoms with E-state index in [4.69, 9.17) is 0 Å². The predicted molar refractivity (Wildman–Crippen MR) is 86.2 cm³/mol. The summed E-state index contributed by atoms with van der Waals surface area (Å²) in [5.74, 6) is 0.425. The van der Waals surface area contributed by atoms with Crippen molar-refractivity contribution in [2.75, 3.05) is 5.32 Å². The molecule has 4 nitrogen and oxygen atoms in total. The van der Waals surface area contributed by atoms with Gasteiger partial charge in [-0.05, 0) is 23.3 Å². The zero-order chi connectivity index (χ0) is 15.5. The van der Waals surface area contributed by atoms with E-state index in [0.29, 0.717) is 18.0 Å². The first kappa shape index (κ1) is 15.3. The molecule has 1 atom stereocenters. The Hall–Kier alpha value is -2.10. The molecule has 0 radical (unpaired) electrons. The molecule has 0 bridgehead atoms. The molecule has 1 heterocycles. The summed E-state index contributed by atoms with van der Waals surface area (Å²) in [6.07, 6.45) is 3.40. The third kappa shape index (κ3) is 3.72. The fraction of sp³-hybridized carbons (Fsp3) is 0.412. The number of carbonyl (C=O) groups is 1. The Balaban J connectivity index is 2.41. The van der Waals surface area contributed by atoms with Crippen LogP contribution < -0.4 is 5.32 Å². The molecule has 2 N–H and O–H groups in total. The van der Waals surface area contributed by atoms with Gasteiger partial charge in [0.25, 0.3) is 0 Å². The maximum Gasteiger partial charge on any atom is 0.211 e. The van der Waals surface area contributed by atoms with E-state index >= 15 is 0 Å². The molecular weight excluding hydrogens is 262 g/mol. The number of aromatic amines is 1. The van der Waals surface area contributed by atoms with Crippen molar-refractivity contribution < 1.29 is 4.79 Å². The van der Waals surface area contributed by atoms with Gasteiger partial charge in [0, 0.05) is 5.56 Å². The Bertz CT molecular complexity index is 610. The summed E-state index contributed by atoms with van der Waals surface area (Å²) in [4.78, 5) is 10.7. The molecule has 1 aromatic carbocycles. The van der Waals surface area contributed by atoms with Gasteiger partial charge < -0.3 is 5.32 Å². The average molecular weight is 285 g/mol. The van der Waals surface area contributed by atoms with Crippen LogP contribution in [-0.2, 0) is 4.79 Å². The molecule has 0 spiro atoms. The fourth-order valence-electron chi connectivity index (χ4n) is 2.85. The highest BCUT2D eigenvalue weighted by Crippen LogP contribution is 2.37. The van der Waals surface area contributed by atoms with E-state index in [0.717, 1.165) is 17.7 Å². The van der Waals surface area contributed by atoms with Crippen LogP contribution in [0.3, 0.4) is 0 Å². The van der Waals surface area contributed by atoms with E-state index in [1.165, 1.54) is 5.56 Å². The van der Waals surface area contributed by atoms with Crippen LogP contribution in [0.5, 0.6) is 0 Å². The van der Waals surface area contributed by atoms with Gasteiger partial charge in [0.2, 0.25) is 6.41 Å². The highest BCUT2D eigenvalue weighted by atomic mass is 16.1. The van der Waals surface area contributed by atoms with Crippen LogP contribution in [0.15, 0.2) is 30.5 Å². The van der Waals surface area contributed by atoms with Crippen LogP contribution in [-0.4, -0.2) is 16.6 Å². The third-order valence-corrected chi connectivity index (χ3v) is 3.53. The number of carbonyl (C=O) groups excluding carboxylic acids is 1. The predicted octanol–water partition coefficient (Wildman–Crippen LogP) is 4.18. The van der Waals surface area contributed by atoms with Crippen molar-refractivity contribution in [2.45, 2.75) is 40.0 Å². The Morgan fingerprint density at radius 2 is 2.05 bits per heavy atom. The minimum atomic E-state index is 0.268. The van der Waals surface area contributed by atoms with Gasteiger partial charge in [-0.25, -0.2) is 0 Å². The van der Waals surface area contributed by atoms with E-state index in [-0.39, 0.29) is 5.41 Å². The van der Waals surface area contributed by atoms with Crippen LogP contribution >= 0.6 is 0 Å². The van der Waals surface area contributed by atoms with Gasteiger partial charge in [-0.1, -0.05) is 52.0 Å². The Kier molecular flexibility index (Phi) is 4.46. The normalized spacial score (nSPS) is 13.0. The Labute approximate surface area is 126 Å². The molecule has 1 aromatic heterocycles. The van der Waals surface area contributed by atoms with Gasteiger partial charge in [-0.15, -0.1) is 0 Å². The minimum Gasteiger partial charge on any atom is -0.326 e. The van der Waals surface area contributed by atoms with Crippen LogP contribution in [0.25, 0.3) is 11.3 Å². The molecule has 0 fully saturated rings. The number of amides is 1. The molecule has 2 rings (SSSR count). The van der Waals surface area contributed by atoms with Crippen molar-refractivity contribution in [3.8, 4) is 11.3 Å². The first-order valence-electron chi connectivity index (χ1n) is 7.25. The SMILES string of the molecule is CC(CC(C)(C)C)c1ccccc1-c1[nH]ncc1NC=O. The van der Waals surface area contributed by atoms with Crippen LogP contribution in [0, 0.1) is 5.41 Å². The second-order valence-electron chi connectivity index (χ2n) is 6.67. The molecule has 21 heavy (non-hydrogen) atoms. The minimum absolute atomic E-state index is 0.268. The van der Waals surface area contributed by atoms with Gasteiger partial charge >= 0.3 is 0 Å². The lowest BCUT2D eigenvalue weighted by Gasteiger charge is -2.25. The number of aromatic nitrogens is 2. The summed E-state index contributed by atoms with van der Waals surface area (Å²) in [5, 5.41) is 9.73. The summed E-state index contributed by atoms with van der Waals surface area (Å²) in [7, 11) is 0. The highest BCUT2D eigenvalue weighted by molar-refractivity contribution is 5.83. The number of rotatable bonds is 5. The molecule has 4 heteroatoms. The maximum absolute atomic E-state index is 10.7. The van der Waals surface area contributed by atoms with Gasteiger partial charge in [0.1, 0.15) is 0 Å². The number of benzene rings is 1. The van der Waals surface area contributed by atoms with E-state index < -0.39 is 0 Å². The van der Waals surface area contributed by atoms with E-state index in [1.54, 1.807) is 6.20 Å². The van der Waals surface area contributed by atoms with Crippen LogP contribution in [0.1, 0.15) is 45.6 Å². The highest BCUT2D eigenvalue weighted by Gasteiger charge is 2.20. The largest absolute Gasteiger partial charge is 0.326 e. The van der Waals surface area contributed by atoms with Crippen LogP contribution in [0.2, 0.25) is 0 Å². The van der Waals surface area contributed by atoms with Gasteiger partial charge in [-0.3, -0.25) is 9.89 Å². The summed E-state index contributed by atoms with van der Waals surface area (Å²) in [5.41, 5.74) is 4.20. The monoisotopic (exact) mass is 285 g/mol. The summed E-state index contributed by atoms with van der Waals surface area (Å²) in [6, 6.07) is 8.28. The van der Waals surface area contributed by atoms with Crippen molar-refractivity contribution in [3.63, 3.8) is 0 Å². The van der Waals surface area contributed by atoms with Gasteiger partial charge in [-0.2, -0.15) is 5.10 Å². The molecule has 0 aliphatic heterocycles. The third-order valence-electron chi connectivity index (χ3n) is 3.53. The second kappa shape index (κ2) is 6.12. The Morgan fingerprint density at radius 3 is 2.71 bits per heavy atom. The zero-order valence-corrected chi connectivity index (χ0v) is 13.1. The number of nitrogens with one attached hydrogen (secondary N) is 2. The zero-order valence-electron chi connectivity index (χ0n) is 13.1. The van der Waals surface area contributed by atoms with E-state index in [9.17, 15) is 4.79 Å². The van der Waals surface area contributed by atoms with E-state index in [2.05, 4.69) is 61.4 Å². The molecule has 0 saturated carbocycles. The molecule has 2 aromatic rings. The fourth-order valence-corrected chi connectivity index (χ4v) is 2.85. The lowest BCUT2D eigenvalue weighted by atomic mass is 9.80. The molecule has 112 valence electrons. The standard InChI is InChI=1S/C17H23N3O/c1-12(9-17(2,3)4)13-7-5-6-8-14(13)16-15(18-11-21)10-19-20-16/h5-8,10-12H,9H2,1-4H3,(H,18,21)(H,19,20). The average Bonchev–Trinajstić information content (AvgIpc) is 2.85. The summed E-state index contributed by atoms with van der Waals surface area (Å²) < 4.78 is 0. The van der Waals surface area contributed by atoms with Crippen molar-refractivity contribution >= 4 is 12.1 Å². The smallest absolute Gasteiger partial charge is 0.211 e. The molecule has 1 unspecified atom stereocenters. The first-order valence-corrected chi connectivity index (χ1v) is 7.25. The summed E-state index contributed by atoms with van der Waals surface area (Å²) in [6.45, 7) is 9.00.